The van der Waals surface area contributed by atoms with Crippen LogP contribution in [0.5, 0.6) is 5.75 Å². The minimum atomic E-state index is 0.272. The number of rotatable bonds is 6. The van der Waals surface area contributed by atoms with Crippen molar-refractivity contribution in [1.82, 2.24) is 0 Å². The third kappa shape index (κ3) is 5.27. The van der Waals surface area contributed by atoms with Crippen molar-refractivity contribution in [1.29, 1.82) is 0 Å². The fraction of sp³-hybridized carbons (Fsp3) is 0.182. The van der Waals surface area contributed by atoms with Crippen molar-refractivity contribution in [2.75, 3.05) is 5.32 Å². The number of ether oxygens (including phenoxy) is 1. The number of halogens is 4. The molecule has 3 aromatic rings. The Balaban J connectivity index is 1.82. The lowest BCUT2D eigenvalue weighted by Crippen LogP contribution is -2.06. The second-order valence-corrected chi connectivity index (χ2v) is 8.26. The first-order chi connectivity index (χ1) is 13.3. The average Bonchev–Trinajstić information content (AvgIpc) is 2.63. The van der Waals surface area contributed by atoms with Crippen LogP contribution >= 0.6 is 46.4 Å². The van der Waals surface area contributed by atoms with Gasteiger partial charge in [0, 0.05) is 38.4 Å². The molecule has 0 fully saturated rings. The van der Waals surface area contributed by atoms with Crippen molar-refractivity contribution in [3.05, 3.63) is 90.9 Å². The number of hydrogen-bond donors (Lipinski definition) is 1. The predicted molar refractivity (Wildman–Crippen MR) is 120 cm³/mol. The van der Waals surface area contributed by atoms with Crippen LogP contribution in [-0.4, -0.2) is 0 Å². The van der Waals surface area contributed by atoms with Gasteiger partial charge in [-0.2, -0.15) is 0 Å². The molecule has 0 unspecified atom stereocenters. The summed E-state index contributed by atoms with van der Waals surface area (Å²) in [5, 5.41) is 5.58. The van der Waals surface area contributed by atoms with Crippen LogP contribution in [0.15, 0.2) is 48.5 Å². The summed E-state index contributed by atoms with van der Waals surface area (Å²) < 4.78 is 6.01. The Morgan fingerprint density at radius 3 is 2.29 bits per heavy atom. The molecule has 0 saturated carbocycles. The molecule has 0 aromatic heterocycles. The van der Waals surface area contributed by atoms with Gasteiger partial charge in [-0.25, -0.2) is 0 Å². The molecule has 0 aliphatic rings. The average molecular weight is 455 g/mol. The Kier molecular flexibility index (Phi) is 7.00. The predicted octanol–water partition coefficient (Wildman–Crippen LogP) is 8.11. The molecule has 0 bridgehead atoms. The lowest BCUT2D eigenvalue weighted by atomic mass is 10.1. The van der Waals surface area contributed by atoms with Gasteiger partial charge in [0.2, 0.25) is 0 Å². The van der Waals surface area contributed by atoms with Crippen LogP contribution in [0, 0.1) is 13.8 Å². The number of benzene rings is 3. The molecule has 3 rings (SSSR count). The van der Waals surface area contributed by atoms with E-state index in [0.29, 0.717) is 32.4 Å². The van der Waals surface area contributed by atoms with Crippen molar-refractivity contribution in [3.63, 3.8) is 0 Å². The lowest BCUT2D eigenvalue weighted by Gasteiger charge is -2.17. The molecule has 2 nitrogen and oxygen atoms in total. The van der Waals surface area contributed by atoms with Gasteiger partial charge in [0.1, 0.15) is 12.4 Å². The number of anilines is 1. The third-order valence-electron chi connectivity index (χ3n) is 4.33. The van der Waals surface area contributed by atoms with E-state index >= 15 is 0 Å². The molecule has 1 N–H and O–H groups in total. The van der Waals surface area contributed by atoms with E-state index in [1.165, 1.54) is 5.56 Å². The van der Waals surface area contributed by atoms with Crippen molar-refractivity contribution in [2.45, 2.75) is 27.0 Å². The summed E-state index contributed by atoms with van der Waals surface area (Å²) in [7, 11) is 0. The molecule has 0 saturated heterocycles. The molecule has 28 heavy (non-hydrogen) atoms. The maximum Gasteiger partial charge on any atom is 0.143 e. The van der Waals surface area contributed by atoms with Crippen LogP contribution in [0.4, 0.5) is 5.69 Å². The summed E-state index contributed by atoms with van der Waals surface area (Å²) in [5.41, 5.74) is 5.09. The lowest BCUT2D eigenvalue weighted by molar-refractivity contribution is 0.303. The largest absolute Gasteiger partial charge is 0.487 e. The highest BCUT2D eigenvalue weighted by atomic mass is 35.5. The van der Waals surface area contributed by atoms with Crippen LogP contribution < -0.4 is 10.1 Å². The highest BCUT2D eigenvalue weighted by Crippen LogP contribution is 2.34. The first-order valence-corrected chi connectivity index (χ1v) is 10.2. The molecule has 146 valence electrons. The standard InChI is InChI=1S/C22H19Cl4NO/c1-13-3-4-14(2)21(7-13)27-11-16-8-18(24)10-20(26)22(16)28-12-15-5-6-17(23)9-19(15)25/h3-10,27H,11-12H2,1-2H3. The van der Waals surface area contributed by atoms with Crippen molar-refractivity contribution in [3.8, 4) is 5.75 Å². The Labute approximate surface area is 185 Å². The van der Waals surface area contributed by atoms with E-state index in [0.717, 1.165) is 22.4 Å². The highest BCUT2D eigenvalue weighted by molar-refractivity contribution is 6.36. The van der Waals surface area contributed by atoms with Crippen LogP contribution in [-0.2, 0) is 13.2 Å². The second kappa shape index (κ2) is 9.28. The van der Waals surface area contributed by atoms with Gasteiger partial charge < -0.3 is 10.1 Å². The smallest absolute Gasteiger partial charge is 0.143 e. The molecular formula is C22H19Cl4NO. The zero-order valence-corrected chi connectivity index (χ0v) is 18.5. The zero-order valence-electron chi connectivity index (χ0n) is 15.5. The minimum absolute atomic E-state index is 0.272. The quantitative estimate of drug-likeness (QED) is 0.406. The number of hydrogen-bond acceptors (Lipinski definition) is 2. The van der Waals surface area contributed by atoms with Gasteiger partial charge in [0.25, 0.3) is 0 Å². The fourth-order valence-corrected chi connectivity index (χ4v) is 3.87. The maximum atomic E-state index is 6.41. The maximum absolute atomic E-state index is 6.41. The van der Waals surface area contributed by atoms with Gasteiger partial charge in [-0.05, 0) is 55.3 Å². The number of aryl methyl sites for hydroxylation is 2. The van der Waals surface area contributed by atoms with Crippen LogP contribution in [0.25, 0.3) is 0 Å². The van der Waals surface area contributed by atoms with Crippen molar-refractivity contribution < 1.29 is 4.74 Å². The van der Waals surface area contributed by atoms with Crippen molar-refractivity contribution >= 4 is 52.1 Å². The molecule has 0 aliphatic heterocycles. The van der Waals surface area contributed by atoms with Crippen molar-refractivity contribution in [2.24, 2.45) is 0 Å². The minimum Gasteiger partial charge on any atom is -0.487 e. The molecule has 0 aliphatic carbocycles. The van der Waals surface area contributed by atoms with Crippen LogP contribution in [0.2, 0.25) is 20.1 Å². The molecule has 0 heterocycles. The second-order valence-electron chi connectivity index (χ2n) is 6.57. The van der Waals surface area contributed by atoms with Gasteiger partial charge in [0.05, 0.1) is 5.02 Å². The molecule has 0 spiro atoms. The topological polar surface area (TPSA) is 21.3 Å². The summed E-state index contributed by atoms with van der Waals surface area (Å²) in [6.45, 7) is 4.92. The Hall–Kier alpha value is -1.58. The summed E-state index contributed by atoms with van der Waals surface area (Å²) in [5.74, 6) is 0.579. The van der Waals surface area contributed by atoms with E-state index in [9.17, 15) is 0 Å². The van der Waals surface area contributed by atoms with Gasteiger partial charge in [-0.3, -0.25) is 0 Å². The molecule has 0 radical (unpaired) electrons. The third-order valence-corrected chi connectivity index (χ3v) is 5.42. The van der Waals surface area contributed by atoms with E-state index < -0.39 is 0 Å². The molecular weight excluding hydrogens is 436 g/mol. The van der Waals surface area contributed by atoms with E-state index in [4.69, 9.17) is 51.1 Å². The van der Waals surface area contributed by atoms with E-state index in [2.05, 4.69) is 37.4 Å². The Bertz CT molecular complexity index is 1000. The monoisotopic (exact) mass is 453 g/mol. The van der Waals surface area contributed by atoms with Crippen LogP contribution in [0.1, 0.15) is 22.3 Å². The summed E-state index contributed by atoms with van der Waals surface area (Å²) >= 11 is 24.8. The molecule has 0 atom stereocenters. The first kappa shape index (κ1) is 21.1. The number of nitrogens with one attached hydrogen (secondary N) is 1. The summed E-state index contributed by atoms with van der Waals surface area (Å²) in [6, 6.07) is 15.1. The molecule has 6 heteroatoms. The fourth-order valence-electron chi connectivity index (χ4n) is 2.81. The molecule has 0 amide bonds. The van der Waals surface area contributed by atoms with E-state index in [1.54, 1.807) is 18.2 Å². The Morgan fingerprint density at radius 1 is 0.786 bits per heavy atom. The molecule has 3 aromatic carbocycles. The van der Waals surface area contributed by atoms with Gasteiger partial charge in [-0.15, -0.1) is 0 Å². The normalized spacial score (nSPS) is 10.8. The Morgan fingerprint density at radius 2 is 1.54 bits per heavy atom. The summed E-state index contributed by atoms with van der Waals surface area (Å²) in [6.07, 6.45) is 0. The summed E-state index contributed by atoms with van der Waals surface area (Å²) in [4.78, 5) is 0. The van der Waals surface area contributed by atoms with Crippen LogP contribution in [0.3, 0.4) is 0 Å². The first-order valence-electron chi connectivity index (χ1n) is 8.69. The van der Waals surface area contributed by atoms with E-state index in [-0.39, 0.29) is 6.61 Å². The highest BCUT2D eigenvalue weighted by Gasteiger charge is 2.13. The van der Waals surface area contributed by atoms with E-state index in [1.807, 2.05) is 12.1 Å². The van der Waals surface area contributed by atoms with Gasteiger partial charge in [0.15, 0.2) is 0 Å². The van der Waals surface area contributed by atoms with Gasteiger partial charge in [-0.1, -0.05) is 64.6 Å². The SMILES string of the molecule is Cc1ccc(C)c(NCc2cc(Cl)cc(Cl)c2OCc2ccc(Cl)cc2Cl)c1. The van der Waals surface area contributed by atoms with Gasteiger partial charge >= 0.3 is 0 Å². The zero-order chi connectivity index (χ0) is 20.3.